The highest BCUT2D eigenvalue weighted by molar-refractivity contribution is 7.99. The van der Waals surface area contributed by atoms with E-state index in [1.165, 1.54) is 16.3 Å². The summed E-state index contributed by atoms with van der Waals surface area (Å²) in [5.41, 5.74) is 1.80. The van der Waals surface area contributed by atoms with Crippen molar-refractivity contribution in [3.05, 3.63) is 58.4 Å². The molecule has 0 saturated carbocycles. The molecule has 0 unspecified atom stereocenters. The Hall–Kier alpha value is -2.85. The predicted octanol–water partition coefficient (Wildman–Crippen LogP) is 3.22. The summed E-state index contributed by atoms with van der Waals surface area (Å²) in [6.07, 6.45) is 1.19. The Balaban J connectivity index is 1.72. The van der Waals surface area contributed by atoms with Crippen molar-refractivity contribution in [3.63, 3.8) is 0 Å². The molecule has 10 heteroatoms. The Morgan fingerprint density at radius 2 is 2.03 bits per heavy atom. The van der Waals surface area contributed by atoms with Crippen LogP contribution in [0.4, 0.5) is 0 Å². The van der Waals surface area contributed by atoms with E-state index in [1.807, 2.05) is 32.0 Å². The Kier molecular flexibility index (Phi) is 7.51. The largest absolute Gasteiger partial charge is 0.495 e. The second kappa shape index (κ2) is 10.4. The maximum Gasteiger partial charge on any atom is 0.266 e. The first kappa shape index (κ1) is 25.2. The fourth-order valence-corrected chi connectivity index (χ4v) is 7.00. The number of aryl methyl sites for hydroxylation is 1. The van der Waals surface area contributed by atoms with Crippen molar-refractivity contribution in [2.24, 2.45) is 0 Å². The molecule has 0 spiro atoms. The Morgan fingerprint density at radius 3 is 2.71 bits per heavy atom. The molecule has 1 aliphatic heterocycles. The number of carbonyl (C=O) groups is 1. The summed E-state index contributed by atoms with van der Waals surface area (Å²) < 4.78 is 31.0. The minimum Gasteiger partial charge on any atom is -0.495 e. The number of carbonyl (C=O) groups excluding carboxylic acids is 1. The lowest BCUT2D eigenvalue weighted by Crippen LogP contribution is -2.42. The maximum atomic E-state index is 13.6. The third kappa shape index (κ3) is 5.38. The van der Waals surface area contributed by atoms with Crippen molar-refractivity contribution in [1.29, 1.82) is 0 Å². The zero-order valence-electron chi connectivity index (χ0n) is 20.1. The molecule has 2 aromatic carbocycles. The number of thioether (sulfide) groups is 1. The number of nitrogens with zero attached hydrogens (tertiary/aromatic N) is 3. The van der Waals surface area contributed by atoms with E-state index in [0.717, 1.165) is 12.0 Å². The van der Waals surface area contributed by atoms with Crippen LogP contribution in [0, 0.1) is 6.92 Å². The number of aromatic nitrogens is 2. The monoisotopic (exact) mass is 515 g/mol. The standard InChI is InChI=1S/C25H29N3O5S2/c1-4-12-27(18-11-13-35(31,32)16-18)23(29)15-34-25-26-20-8-6-5-7-19(20)24(30)28(25)21-14-17(2)9-10-22(21)33-3/h5-10,14,18H,4,11-13,15-16H2,1-3H3/t18-/m0/s1. The summed E-state index contributed by atoms with van der Waals surface area (Å²) in [7, 11) is -1.57. The number of rotatable bonds is 8. The van der Waals surface area contributed by atoms with Crippen molar-refractivity contribution in [2.75, 3.05) is 30.9 Å². The van der Waals surface area contributed by atoms with Gasteiger partial charge in [-0.05, 0) is 49.6 Å². The summed E-state index contributed by atoms with van der Waals surface area (Å²) in [5.74, 6) is 0.506. The smallest absolute Gasteiger partial charge is 0.266 e. The third-order valence-corrected chi connectivity index (χ3v) is 8.75. The van der Waals surface area contributed by atoms with Gasteiger partial charge in [0.05, 0.1) is 41.0 Å². The third-order valence-electron chi connectivity index (χ3n) is 6.08. The highest BCUT2D eigenvalue weighted by Crippen LogP contribution is 2.29. The van der Waals surface area contributed by atoms with Crippen molar-refractivity contribution in [1.82, 2.24) is 14.5 Å². The number of fused-ring (bicyclic) bond motifs is 1. The molecule has 0 N–H and O–H groups in total. The van der Waals surface area contributed by atoms with Crippen LogP contribution in [0.2, 0.25) is 0 Å². The van der Waals surface area contributed by atoms with Gasteiger partial charge in [0.15, 0.2) is 15.0 Å². The van der Waals surface area contributed by atoms with Crippen molar-refractivity contribution >= 4 is 38.4 Å². The fourth-order valence-electron chi connectivity index (χ4n) is 4.38. The number of ether oxygens (including phenoxy) is 1. The van der Waals surface area contributed by atoms with Crippen LogP contribution in [0.15, 0.2) is 52.4 Å². The zero-order valence-corrected chi connectivity index (χ0v) is 21.7. The molecule has 2 heterocycles. The fraction of sp³-hybridized carbons (Fsp3) is 0.400. The molecule has 0 bridgehead atoms. The number of methoxy groups -OCH3 is 1. The van der Waals surface area contributed by atoms with Crippen LogP contribution in [-0.4, -0.2) is 65.7 Å². The predicted molar refractivity (Wildman–Crippen MR) is 138 cm³/mol. The Morgan fingerprint density at radius 1 is 1.26 bits per heavy atom. The number of hydrogen-bond acceptors (Lipinski definition) is 7. The van der Waals surface area contributed by atoms with E-state index in [0.29, 0.717) is 40.5 Å². The van der Waals surface area contributed by atoms with Gasteiger partial charge in [0.25, 0.3) is 5.56 Å². The van der Waals surface area contributed by atoms with Gasteiger partial charge in [-0.2, -0.15) is 0 Å². The molecule has 1 saturated heterocycles. The summed E-state index contributed by atoms with van der Waals surface area (Å²) in [6.45, 7) is 4.38. The first-order chi connectivity index (χ1) is 16.7. The van der Waals surface area contributed by atoms with Crippen LogP contribution in [0.5, 0.6) is 5.75 Å². The Labute approximate surface area is 209 Å². The summed E-state index contributed by atoms with van der Waals surface area (Å²) in [5, 5.41) is 0.844. The van der Waals surface area contributed by atoms with Gasteiger partial charge in [0, 0.05) is 12.6 Å². The SMILES string of the molecule is CCCN(C(=O)CSc1nc2ccccc2c(=O)n1-c1cc(C)ccc1OC)[C@H]1CCS(=O)(=O)C1. The zero-order chi connectivity index (χ0) is 25.2. The van der Waals surface area contributed by atoms with E-state index >= 15 is 0 Å². The molecule has 8 nitrogen and oxygen atoms in total. The minimum atomic E-state index is -3.12. The van der Waals surface area contributed by atoms with Gasteiger partial charge >= 0.3 is 0 Å². The van der Waals surface area contributed by atoms with Crippen LogP contribution in [0.1, 0.15) is 25.3 Å². The van der Waals surface area contributed by atoms with Crippen LogP contribution >= 0.6 is 11.8 Å². The Bertz CT molecular complexity index is 1420. The van der Waals surface area contributed by atoms with Crippen LogP contribution in [0.25, 0.3) is 16.6 Å². The van der Waals surface area contributed by atoms with E-state index < -0.39 is 9.84 Å². The molecule has 1 aromatic heterocycles. The lowest BCUT2D eigenvalue weighted by atomic mass is 10.2. The highest BCUT2D eigenvalue weighted by Gasteiger charge is 2.34. The molecular weight excluding hydrogens is 486 g/mol. The van der Waals surface area contributed by atoms with Gasteiger partial charge in [0.2, 0.25) is 5.91 Å². The van der Waals surface area contributed by atoms with Crippen molar-refractivity contribution < 1.29 is 17.9 Å². The second-order valence-corrected chi connectivity index (χ2v) is 11.8. The topological polar surface area (TPSA) is 98.6 Å². The van der Waals surface area contributed by atoms with E-state index in [2.05, 4.69) is 0 Å². The van der Waals surface area contributed by atoms with Gasteiger partial charge in [-0.25, -0.2) is 13.4 Å². The first-order valence-electron chi connectivity index (χ1n) is 11.5. The van der Waals surface area contributed by atoms with E-state index in [4.69, 9.17) is 9.72 Å². The summed E-state index contributed by atoms with van der Waals surface area (Å²) in [4.78, 5) is 33.2. The number of benzene rings is 2. The van der Waals surface area contributed by atoms with Crippen LogP contribution in [0.3, 0.4) is 0 Å². The highest BCUT2D eigenvalue weighted by atomic mass is 32.2. The molecule has 4 rings (SSSR count). The van der Waals surface area contributed by atoms with E-state index in [9.17, 15) is 18.0 Å². The quantitative estimate of drug-likeness (QED) is 0.336. The molecule has 3 aromatic rings. The lowest BCUT2D eigenvalue weighted by Gasteiger charge is -2.28. The molecule has 1 fully saturated rings. The molecule has 0 radical (unpaired) electrons. The molecule has 1 aliphatic rings. The minimum absolute atomic E-state index is 0.00281. The lowest BCUT2D eigenvalue weighted by molar-refractivity contribution is -0.130. The maximum absolute atomic E-state index is 13.6. The van der Waals surface area contributed by atoms with Crippen LogP contribution in [-0.2, 0) is 14.6 Å². The number of amides is 1. The van der Waals surface area contributed by atoms with E-state index in [1.54, 1.807) is 36.3 Å². The first-order valence-corrected chi connectivity index (χ1v) is 14.3. The number of hydrogen-bond donors (Lipinski definition) is 0. The number of sulfone groups is 1. The summed E-state index contributed by atoms with van der Waals surface area (Å²) >= 11 is 1.17. The molecule has 1 amide bonds. The van der Waals surface area contributed by atoms with Crippen molar-refractivity contribution in [2.45, 2.75) is 37.9 Å². The van der Waals surface area contributed by atoms with Gasteiger partial charge in [-0.1, -0.05) is 36.9 Å². The molecule has 0 aliphatic carbocycles. The van der Waals surface area contributed by atoms with Crippen molar-refractivity contribution in [3.8, 4) is 11.4 Å². The number of para-hydroxylation sites is 1. The molecular formula is C25H29N3O5S2. The summed E-state index contributed by atoms with van der Waals surface area (Å²) in [6, 6.07) is 12.4. The van der Waals surface area contributed by atoms with Crippen LogP contribution < -0.4 is 10.3 Å². The molecule has 186 valence electrons. The second-order valence-electron chi connectivity index (χ2n) is 8.66. The average Bonchev–Trinajstić information content (AvgIpc) is 3.20. The van der Waals surface area contributed by atoms with Gasteiger partial charge in [-0.3, -0.25) is 14.2 Å². The van der Waals surface area contributed by atoms with Gasteiger partial charge in [-0.15, -0.1) is 0 Å². The van der Waals surface area contributed by atoms with Gasteiger partial charge < -0.3 is 9.64 Å². The molecule has 35 heavy (non-hydrogen) atoms. The normalized spacial score (nSPS) is 16.9. The van der Waals surface area contributed by atoms with Gasteiger partial charge in [0.1, 0.15) is 5.75 Å². The van der Waals surface area contributed by atoms with E-state index in [-0.39, 0.29) is 34.8 Å². The molecule has 1 atom stereocenters. The average molecular weight is 516 g/mol.